The molecule has 0 unspecified atom stereocenters. The highest BCUT2D eigenvalue weighted by Crippen LogP contribution is 2.27. The summed E-state index contributed by atoms with van der Waals surface area (Å²) in [5, 5.41) is 9.71. The number of hydrogen-bond donors (Lipinski definition) is 1. The summed E-state index contributed by atoms with van der Waals surface area (Å²) in [4.78, 5) is 0. The van der Waals surface area contributed by atoms with Gasteiger partial charge in [0.25, 0.3) is 0 Å². The maximum absolute atomic E-state index is 9.02. The Morgan fingerprint density at radius 2 is 1.94 bits per heavy atom. The quantitative estimate of drug-likeness (QED) is 0.913. The van der Waals surface area contributed by atoms with Crippen molar-refractivity contribution in [2.24, 2.45) is 0 Å². The third-order valence-corrected chi connectivity index (χ3v) is 3.32. The molecule has 0 aliphatic heterocycles. The molecule has 2 aromatic carbocycles. The number of benzene rings is 2. The second-order valence-corrected chi connectivity index (χ2v) is 5.13. The maximum atomic E-state index is 9.02. The maximum Gasteiger partial charge on any atom is 0.134 e. The van der Waals surface area contributed by atoms with Crippen molar-refractivity contribution >= 4 is 27.5 Å². The summed E-state index contributed by atoms with van der Waals surface area (Å²) >= 11 is 9.32. The standard InChI is InChI=1S/C14H12BrClO2/c15-13-7-10(8-17)4-5-14(13)18-9-11-2-1-3-12(16)6-11/h1-7,17H,8-9H2. The first-order chi connectivity index (χ1) is 8.69. The molecule has 0 atom stereocenters. The first-order valence-electron chi connectivity index (χ1n) is 5.45. The van der Waals surface area contributed by atoms with Gasteiger partial charge in [-0.3, -0.25) is 0 Å². The Balaban J connectivity index is 2.06. The highest BCUT2D eigenvalue weighted by molar-refractivity contribution is 9.10. The molecule has 0 saturated carbocycles. The van der Waals surface area contributed by atoms with E-state index in [1.54, 1.807) is 0 Å². The summed E-state index contributed by atoms with van der Waals surface area (Å²) < 4.78 is 6.52. The third kappa shape index (κ3) is 3.48. The van der Waals surface area contributed by atoms with E-state index in [0.29, 0.717) is 11.6 Å². The zero-order valence-corrected chi connectivity index (χ0v) is 11.9. The second kappa shape index (κ2) is 6.23. The van der Waals surface area contributed by atoms with Gasteiger partial charge in [-0.1, -0.05) is 29.8 Å². The van der Waals surface area contributed by atoms with Crippen LogP contribution in [0.5, 0.6) is 5.75 Å². The Labute approximate surface area is 119 Å². The predicted octanol–water partition coefficient (Wildman–Crippen LogP) is 4.17. The fourth-order valence-corrected chi connectivity index (χ4v) is 2.30. The fourth-order valence-electron chi connectivity index (χ4n) is 1.55. The van der Waals surface area contributed by atoms with Gasteiger partial charge in [0.1, 0.15) is 12.4 Å². The molecule has 0 spiro atoms. The molecule has 94 valence electrons. The van der Waals surface area contributed by atoms with E-state index in [4.69, 9.17) is 21.4 Å². The van der Waals surface area contributed by atoms with Crippen LogP contribution in [0.3, 0.4) is 0 Å². The summed E-state index contributed by atoms with van der Waals surface area (Å²) in [5.74, 6) is 0.743. The molecule has 0 heterocycles. The lowest BCUT2D eigenvalue weighted by Gasteiger charge is -2.09. The van der Waals surface area contributed by atoms with Gasteiger partial charge < -0.3 is 9.84 Å². The van der Waals surface area contributed by atoms with E-state index in [1.165, 1.54) is 0 Å². The molecular weight excluding hydrogens is 316 g/mol. The van der Waals surface area contributed by atoms with Crippen molar-refractivity contribution < 1.29 is 9.84 Å². The SMILES string of the molecule is OCc1ccc(OCc2cccc(Cl)c2)c(Br)c1. The highest BCUT2D eigenvalue weighted by atomic mass is 79.9. The lowest BCUT2D eigenvalue weighted by atomic mass is 10.2. The second-order valence-electron chi connectivity index (χ2n) is 3.84. The monoisotopic (exact) mass is 326 g/mol. The van der Waals surface area contributed by atoms with Crippen LogP contribution in [-0.2, 0) is 13.2 Å². The largest absolute Gasteiger partial charge is 0.488 e. The van der Waals surface area contributed by atoms with Crippen LogP contribution in [0.25, 0.3) is 0 Å². The number of rotatable bonds is 4. The molecule has 0 aliphatic rings. The van der Waals surface area contributed by atoms with Gasteiger partial charge in [0.05, 0.1) is 11.1 Å². The van der Waals surface area contributed by atoms with Crippen molar-refractivity contribution in [2.75, 3.05) is 0 Å². The van der Waals surface area contributed by atoms with Crippen molar-refractivity contribution in [3.63, 3.8) is 0 Å². The van der Waals surface area contributed by atoms with Crippen LogP contribution in [0.4, 0.5) is 0 Å². The smallest absolute Gasteiger partial charge is 0.134 e. The van der Waals surface area contributed by atoms with Crippen LogP contribution in [0.1, 0.15) is 11.1 Å². The summed E-state index contributed by atoms with van der Waals surface area (Å²) in [5.41, 5.74) is 1.86. The van der Waals surface area contributed by atoms with Crippen molar-refractivity contribution in [3.05, 3.63) is 63.1 Å². The molecule has 2 rings (SSSR count). The van der Waals surface area contributed by atoms with E-state index in [0.717, 1.165) is 21.3 Å². The average Bonchev–Trinajstić information content (AvgIpc) is 2.37. The molecule has 0 aliphatic carbocycles. The zero-order valence-electron chi connectivity index (χ0n) is 9.57. The van der Waals surface area contributed by atoms with E-state index in [-0.39, 0.29) is 6.61 Å². The fraction of sp³-hybridized carbons (Fsp3) is 0.143. The molecular formula is C14H12BrClO2. The minimum absolute atomic E-state index is 0.0210. The van der Waals surface area contributed by atoms with Crippen LogP contribution in [0.15, 0.2) is 46.9 Å². The van der Waals surface area contributed by atoms with Crippen molar-refractivity contribution in [1.29, 1.82) is 0 Å². The van der Waals surface area contributed by atoms with E-state index < -0.39 is 0 Å². The number of aliphatic hydroxyl groups excluding tert-OH is 1. The van der Waals surface area contributed by atoms with Crippen LogP contribution in [-0.4, -0.2) is 5.11 Å². The molecule has 0 aromatic heterocycles. The number of hydrogen-bond acceptors (Lipinski definition) is 2. The molecule has 0 bridgehead atoms. The molecule has 1 N–H and O–H groups in total. The van der Waals surface area contributed by atoms with Gasteiger partial charge in [-0.25, -0.2) is 0 Å². The van der Waals surface area contributed by atoms with Gasteiger partial charge in [-0.05, 0) is 51.3 Å². The first kappa shape index (κ1) is 13.4. The van der Waals surface area contributed by atoms with Gasteiger partial charge in [-0.2, -0.15) is 0 Å². The van der Waals surface area contributed by atoms with Crippen molar-refractivity contribution in [3.8, 4) is 5.75 Å². The molecule has 0 radical (unpaired) electrons. The minimum Gasteiger partial charge on any atom is -0.488 e. The topological polar surface area (TPSA) is 29.5 Å². The molecule has 0 saturated heterocycles. The summed E-state index contributed by atoms with van der Waals surface area (Å²) in [6, 6.07) is 13.1. The predicted molar refractivity (Wildman–Crippen MR) is 75.8 cm³/mol. The van der Waals surface area contributed by atoms with Gasteiger partial charge in [-0.15, -0.1) is 0 Å². The van der Waals surface area contributed by atoms with Gasteiger partial charge in [0.15, 0.2) is 0 Å². The Hall–Kier alpha value is -1.03. The van der Waals surface area contributed by atoms with Crippen LogP contribution in [0.2, 0.25) is 5.02 Å². The third-order valence-electron chi connectivity index (χ3n) is 2.46. The molecule has 4 heteroatoms. The average molecular weight is 328 g/mol. The molecule has 18 heavy (non-hydrogen) atoms. The van der Waals surface area contributed by atoms with Crippen LogP contribution in [0, 0.1) is 0 Å². The zero-order chi connectivity index (χ0) is 13.0. The Bertz CT molecular complexity index is 543. The van der Waals surface area contributed by atoms with E-state index in [9.17, 15) is 0 Å². The molecule has 0 amide bonds. The first-order valence-corrected chi connectivity index (χ1v) is 6.62. The summed E-state index contributed by atoms with van der Waals surface area (Å²) in [6.07, 6.45) is 0. The van der Waals surface area contributed by atoms with Gasteiger partial charge in [0.2, 0.25) is 0 Å². The van der Waals surface area contributed by atoms with E-state index in [1.807, 2.05) is 42.5 Å². The highest BCUT2D eigenvalue weighted by Gasteiger charge is 2.03. The normalized spacial score (nSPS) is 10.4. The lowest BCUT2D eigenvalue weighted by Crippen LogP contribution is -1.96. The van der Waals surface area contributed by atoms with Gasteiger partial charge >= 0.3 is 0 Å². The van der Waals surface area contributed by atoms with E-state index in [2.05, 4.69) is 15.9 Å². The molecule has 2 aromatic rings. The van der Waals surface area contributed by atoms with Crippen molar-refractivity contribution in [2.45, 2.75) is 13.2 Å². The Morgan fingerprint density at radius 1 is 1.11 bits per heavy atom. The number of ether oxygens (including phenoxy) is 1. The van der Waals surface area contributed by atoms with E-state index >= 15 is 0 Å². The van der Waals surface area contributed by atoms with Crippen LogP contribution < -0.4 is 4.74 Å². The molecule has 0 fully saturated rings. The van der Waals surface area contributed by atoms with Gasteiger partial charge in [0, 0.05) is 5.02 Å². The molecule has 2 nitrogen and oxygen atoms in total. The van der Waals surface area contributed by atoms with Crippen molar-refractivity contribution in [1.82, 2.24) is 0 Å². The number of aliphatic hydroxyl groups is 1. The lowest BCUT2D eigenvalue weighted by molar-refractivity contribution is 0.280. The minimum atomic E-state index is 0.0210. The Morgan fingerprint density at radius 3 is 2.61 bits per heavy atom. The number of halogens is 2. The summed E-state index contributed by atoms with van der Waals surface area (Å²) in [7, 11) is 0. The Kier molecular flexibility index (Phi) is 4.64. The van der Waals surface area contributed by atoms with Crippen LogP contribution >= 0.6 is 27.5 Å². The summed E-state index contributed by atoms with van der Waals surface area (Å²) in [6.45, 7) is 0.477.